The van der Waals surface area contributed by atoms with E-state index in [-0.39, 0.29) is 46.3 Å². The van der Waals surface area contributed by atoms with Crippen LogP contribution in [0.25, 0.3) is 0 Å². The third-order valence-electron chi connectivity index (χ3n) is 11.3. The van der Waals surface area contributed by atoms with E-state index in [0.717, 1.165) is 71.2 Å². The third-order valence-corrected chi connectivity index (χ3v) is 11.3. The molecule has 0 atom stereocenters. The Morgan fingerprint density at radius 3 is 2.34 bits per heavy atom. The van der Waals surface area contributed by atoms with Crippen LogP contribution >= 0.6 is 0 Å². The lowest BCUT2D eigenvalue weighted by molar-refractivity contribution is -0.110. The summed E-state index contributed by atoms with van der Waals surface area (Å²) in [4.78, 5) is 43.5. The van der Waals surface area contributed by atoms with Crippen LogP contribution in [0.4, 0.5) is 15.0 Å². The number of rotatable bonds is 12. The van der Waals surface area contributed by atoms with Crippen molar-refractivity contribution in [2.45, 2.75) is 90.1 Å². The molecule has 0 bridgehead atoms. The fourth-order valence-electron chi connectivity index (χ4n) is 8.56. The molecule has 4 aliphatic rings. The zero-order valence-corrected chi connectivity index (χ0v) is 30.5. The number of aromatic nitrogens is 2. The number of likely N-dealkylation sites (tertiary alicyclic amines) is 1. The third kappa shape index (κ3) is 7.69. The van der Waals surface area contributed by atoms with E-state index in [1.807, 2.05) is 32.6 Å². The van der Waals surface area contributed by atoms with Gasteiger partial charge in [-0.2, -0.15) is 0 Å². The van der Waals surface area contributed by atoms with E-state index in [2.05, 4.69) is 25.1 Å². The molecule has 2 spiro atoms. The first-order valence-electron chi connectivity index (χ1n) is 18.1. The molecule has 1 aromatic heterocycles. The van der Waals surface area contributed by atoms with Crippen molar-refractivity contribution in [2.75, 3.05) is 64.9 Å². The van der Waals surface area contributed by atoms with E-state index in [0.29, 0.717) is 30.6 Å². The minimum atomic E-state index is -0.491. The van der Waals surface area contributed by atoms with E-state index in [1.165, 1.54) is 24.5 Å². The largest absolute Gasteiger partial charge is 0.451 e. The second-order valence-corrected chi connectivity index (χ2v) is 15.4. The molecule has 3 saturated heterocycles. The van der Waals surface area contributed by atoms with Crippen LogP contribution in [0.5, 0.6) is 11.5 Å². The number of carbonyl (C=O) groups is 2. The average molecular weight is 696 g/mol. The van der Waals surface area contributed by atoms with Gasteiger partial charge in [-0.15, -0.1) is 0 Å². The topological polar surface area (TPSA) is 113 Å². The van der Waals surface area contributed by atoms with Gasteiger partial charge in [0.05, 0.1) is 23.8 Å². The summed E-state index contributed by atoms with van der Waals surface area (Å²) in [6.07, 6.45) is 9.22. The molecule has 12 nitrogen and oxygen atoms in total. The van der Waals surface area contributed by atoms with Crippen LogP contribution in [0.3, 0.4) is 0 Å². The number of hydrogen-bond donors (Lipinski definition) is 1. The number of hydrogen-bond acceptors (Lipinski definition) is 9. The Morgan fingerprint density at radius 1 is 1.02 bits per heavy atom. The highest BCUT2D eigenvalue weighted by molar-refractivity contribution is 5.97. The van der Waals surface area contributed by atoms with Gasteiger partial charge in [-0.1, -0.05) is 0 Å². The molecule has 3 aliphatic heterocycles. The molecule has 0 unspecified atom stereocenters. The maximum Gasteiger partial charge on any atom is 0.318 e. The summed E-state index contributed by atoms with van der Waals surface area (Å²) in [6.45, 7) is 14.0. The number of methoxy groups -OCH3 is 2. The van der Waals surface area contributed by atoms with Crippen molar-refractivity contribution in [3.8, 4) is 11.5 Å². The Kier molecular flexibility index (Phi) is 10.9. The summed E-state index contributed by atoms with van der Waals surface area (Å²) < 4.78 is 31.3. The van der Waals surface area contributed by atoms with Gasteiger partial charge in [0.15, 0.2) is 17.9 Å². The summed E-state index contributed by atoms with van der Waals surface area (Å²) in [5.41, 5.74) is 0.280. The second-order valence-electron chi connectivity index (χ2n) is 15.4. The van der Waals surface area contributed by atoms with Crippen molar-refractivity contribution in [2.24, 2.45) is 11.3 Å². The summed E-state index contributed by atoms with van der Waals surface area (Å²) >= 11 is 0. The zero-order chi connectivity index (χ0) is 35.6. The molecule has 1 saturated carbocycles. The summed E-state index contributed by atoms with van der Waals surface area (Å²) in [5.74, 6) is 1.30. The van der Waals surface area contributed by atoms with Gasteiger partial charge < -0.3 is 39.1 Å². The minimum Gasteiger partial charge on any atom is -0.451 e. The number of nitrogens with one attached hydrogen (secondary N) is 1. The summed E-state index contributed by atoms with van der Waals surface area (Å²) in [5, 5.41) is 3.29. The van der Waals surface area contributed by atoms with Crippen molar-refractivity contribution in [1.29, 1.82) is 0 Å². The number of amides is 3. The van der Waals surface area contributed by atoms with Crippen molar-refractivity contribution >= 4 is 17.8 Å². The van der Waals surface area contributed by atoms with Crippen LogP contribution in [0.15, 0.2) is 30.7 Å². The fraction of sp³-hybridized carbons (Fsp3) is 0.676. The molecule has 1 N–H and O–H groups in total. The second kappa shape index (κ2) is 15.0. The SMILES string of the molecule is COC(CN1CC2(CCC(CN3CCC4(CC3)CN(c3ncncc3Oc3ccc(F)cc3C(=O)N(C(C)C)C(C)C)C4)CC2)NC1=O)OC. The van der Waals surface area contributed by atoms with E-state index < -0.39 is 12.1 Å². The van der Waals surface area contributed by atoms with Crippen molar-refractivity contribution < 1.29 is 28.2 Å². The number of carbonyl (C=O) groups excluding carboxylic acids is 2. The highest BCUT2D eigenvalue weighted by atomic mass is 19.1. The smallest absolute Gasteiger partial charge is 0.318 e. The minimum absolute atomic E-state index is 0.0195. The molecule has 50 heavy (non-hydrogen) atoms. The average Bonchev–Trinajstić information content (AvgIpc) is 3.38. The van der Waals surface area contributed by atoms with Crippen LogP contribution in [0, 0.1) is 17.2 Å². The van der Waals surface area contributed by atoms with Gasteiger partial charge in [0.25, 0.3) is 5.91 Å². The van der Waals surface area contributed by atoms with Crippen molar-refractivity contribution in [3.05, 3.63) is 42.1 Å². The lowest BCUT2D eigenvalue weighted by Crippen LogP contribution is -2.61. The molecule has 1 aliphatic carbocycles. The van der Waals surface area contributed by atoms with Crippen molar-refractivity contribution in [1.82, 2.24) is 30.0 Å². The Labute approximate surface area is 295 Å². The van der Waals surface area contributed by atoms with Gasteiger partial charge in [0.2, 0.25) is 0 Å². The van der Waals surface area contributed by atoms with Crippen LogP contribution in [0.2, 0.25) is 0 Å². The Hall–Kier alpha value is -3.55. The zero-order valence-electron chi connectivity index (χ0n) is 30.5. The van der Waals surface area contributed by atoms with Crippen molar-refractivity contribution in [3.63, 3.8) is 0 Å². The molecule has 13 heteroatoms. The maximum absolute atomic E-state index is 14.4. The molecule has 3 amide bonds. The number of piperidine rings is 1. The number of benzene rings is 1. The number of ether oxygens (including phenoxy) is 3. The number of anilines is 1. The molecule has 4 fully saturated rings. The number of halogens is 1. The number of urea groups is 1. The predicted molar refractivity (Wildman–Crippen MR) is 188 cm³/mol. The van der Waals surface area contributed by atoms with Gasteiger partial charge in [-0.05, 0) is 103 Å². The van der Waals surface area contributed by atoms with Gasteiger partial charge in [-0.25, -0.2) is 19.2 Å². The highest BCUT2D eigenvalue weighted by Gasteiger charge is 2.48. The van der Waals surface area contributed by atoms with Crippen LogP contribution < -0.4 is 15.0 Å². The quantitative estimate of drug-likeness (QED) is 0.302. The van der Waals surface area contributed by atoms with E-state index in [4.69, 9.17) is 14.2 Å². The first-order valence-corrected chi connectivity index (χ1v) is 18.1. The lowest BCUT2D eigenvalue weighted by Gasteiger charge is -2.55. The summed E-state index contributed by atoms with van der Waals surface area (Å²) in [6, 6.07) is 3.93. The summed E-state index contributed by atoms with van der Waals surface area (Å²) in [7, 11) is 3.20. The molecule has 274 valence electrons. The maximum atomic E-state index is 14.4. The fourth-order valence-corrected chi connectivity index (χ4v) is 8.56. The molecule has 1 aromatic carbocycles. The van der Waals surface area contributed by atoms with Crippen LogP contribution in [0.1, 0.15) is 76.6 Å². The standard InChI is InChI=1S/C37H54FN7O5/c1-25(2)45(26(3)4)34(46)29-17-28(38)7-8-30(29)50-31-18-39-24-40-33(31)44-21-36(22-44)13-15-42(16-14-36)19-27-9-11-37(12-10-27)23-43(35(47)41-37)20-32(48-5)49-6/h7-8,17-18,24-27,32H,9-16,19-23H2,1-6H3,(H,41,47). The lowest BCUT2D eigenvalue weighted by atomic mass is 9.71. The Balaban J connectivity index is 1.01. The Bertz CT molecular complexity index is 1490. The van der Waals surface area contributed by atoms with Gasteiger partial charge in [-0.3, -0.25) is 4.79 Å². The van der Waals surface area contributed by atoms with E-state index >= 15 is 0 Å². The van der Waals surface area contributed by atoms with Gasteiger partial charge in [0, 0.05) is 57.9 Å². The predicted octanol–water partition coefficient (Wildman–Crippen LogP) is 5.14. The molecule has 0 radical (unpaired) electrons. The molecular formula is C37H54FN7O5. The molecule has 2 aromatic rings. The monoisotopic (exact) mass is 695 g/mol. The first-order chi connectivity index (χ1) is 23.9. The van der Waals surface area contributed by atoms with E-state index in [9.17, 15) is 14.0 Å². The van der Waals surface area contributed by atoms with E-state index in [1.54, 1.807) is 25.3 Å². The normalized spacial score (nSPS) is 23.6. The molecular weight excluding hydrogens is 641 g/mol. The van der Waals surface area contributed by atoms with Crippen LogP contribution in [-0.2, 0) is 9.47 Å². The number of nitrogens with zero attached hydrogens (tertiary/aromatic N) is 6. The van der Waals surface area contributed by atoms with Gasteiger partial charge in [0.1, 0.15) is 17.9 Å². The Morgan fingerprint density at radius 2 is 1.70 bits per heavy atom. The highest BCUT2D eigenvalue weighted by Crippen LogP contribution is 2.45. The molecule has 6 rings (SSSR count). The van der Waals surface area contributed by atoms with Crippen LogP contribution in [-0.4, -0.2) is 121 Å². The first kappa shape index (κ1) is 36.2. The van der Waals surface area contributed by atoms with Gasteiger partial charge >= 0.3 is 6.03 Å². The molecule has 4 heterocycles.